The number of nitrogens with two attached hydrogens (primary N) is 1. The van der Waals surface area contributed by atoms with Gasteiger partial charge in [0.25, 0.3) is 5.69 Å². The molecule has 6 nitrogen and oxygen atoms in total. The zero-order chi connectivity index (χ0) is 14.6. The van der Waals surface area contributed by atoms with Crippen LogP contribution in [0.3, 0.4) is 0 Å². The molecule has 0 aliphatic heterocycles. The first kappa shape index (κ1) is 13.9. The molecule has 0 saturated heterocycles. The van der Waals surface area contributed by atoms with Gasteiger partial charge in [0.15, 0.2) is 0 Å². The minimum atomic E-state index is -0.394. The van der Waals surface area contributed by atoms with Crippen molar-refractivity contribution in [1.29, 1.82) is 0 Å². The van der Waals surface area contributed by atoms with Gasteiger partial charge in [-0.3, -0.25) is 10.1 Å². The monoisotopic (exact) mass is 272 g/mol. The quantitative estimate of drug-likeness (QED) is 0.394. The van der Waals surface area contributed by atoms with E-state index in [-0.39, 0.29) is 11.1 Å². The lowest BCUT2D eigenvalue weighted by Crippen LogP contribution is -2.19. The van der Waals surface area contributed by atoms with Crippen LogP contribution in [0.4, 0.5) is 5.69 Å². The van der Waals surface area contributed by atoms with Gasteiger partial charge in [0.1, 0.15) is 0 Å². The van der Waals surface area contributed by atoms with E-state index >= 15 is 0 Å². The second-order valence-corrected chi connectivity index (χ2v) is 5.16. The molecular weight excluding hydrogens is 256 g/mol. The highest BCUT2D eigenvalue weighted by Crippen LogP contribution is 2.35. The Hall–Kier alpha value is -2.50. The molecule has 1 aliphatic rings. The van der Waals surface area contributed by atoms with E-state index in [0.29, 0.717) is 0 Å². The molecule has 1 aromatic carbocycles. The Bertz CT molecular complexity index is 590. The number of hydrogen-bond acceptors (Lipinski definition) is 4. The van der Waals surface area contributed by atoms with Crippen molar-refractivity contribution in [2.75, 3.05) is 0 Å². The second kappa shape index (κ2) is 5.64. The van der Waals surface area contributed by atoms with Gasteiger partial charge in [-0.2, -0.15) is 0 Å². The molecule has 0 heterocycles. The van der Waals surface area contributed by atoms with Crippen LogP contribution in [0, 0.1) is 15.5 Å². The predicted octanol–water partition coefficient (Wildman–Crippen LogP) is 3.31. The van der Waals surface area contributed by atoms with Gasteiger partial charge in [-0.25, -0.2) is 0 Å². The van der Waals surface area contributed by atoms with E-state index in [9.17, 15) is 10.1 Å². The largest absolute Gasteiger partial charge is 0.305 e. The number of benzene rings is 1. The number of rotatable bonds is 4. The van der Waals surface area contributed by atoms with E-state index in [0.717, 1.165) is 24.1 Å². The summed E-state index contributed by atoms with van der Waals surface area (Å²) in [5, 5.41) is 17.8. The van der Waals surface area contributed by atoms with E-state index in [1.165, 1.54) is 12.1 Å². The fourth-order valence-corrected chi connectivity index (χ4v) is 2.39. The first-order valence-electron chi connectivity index (χ1n) is 6.25. The molecule has 0 spiro atoms. The molecule has 0 fully saturated rings. The van der Waals surface area contributed by atoms with Crippen molar-refractivity contribution in [2.45, 2.75) is 19.8 Å². The van der Waals surface area contributed by atoms with Crippen LogP contribution in [0.5, 0.6) is 0 Å². The van der Waals surface area contributed by atoms with Crippen LogP contribution >= 0.6 is 0 Å². The fraction of sp³-hybridized carbons (Fsp3) is 0.286. The van der Waals surface area contributed by atoms with Crippen LogP contribution in [0.1, 0.15) is 18.9 Å². The molecule has 0 saturated carbocycles. The molecule has 0 amide bonds. The van der Waals surface area contributed by atoms with Gasteiger partial charge >= 0.3 is 0 Å². The Morgan fingerprint density at radius 2 is 2.10 bits per heavy atom. The normalized spacial score (nSPS) is 21.9. The van der Waals surface area contributed by atoms with Crippen molar-refractivity contribution in [2.24, 2.45) is 21.6 Å². The van der Waals surface area contributed by atoms with Crippen LogP contribution in [-0.2, 0) is 6.42 Å². The molecule has 0 bridgehead atoms. The second-order valence-electron chi connectivity index (χ2n) is 5.16. The Balaban J connectivity index is 2.11. The van der Waals surface area contributed by atoms with E-state index in [1.54, 1.807) is 12.1 Å². The summed E-state index contributed by atoms with van der Waals surface area (Å²) >= 11 is 0. The van der Waals surface area contributed by atoms with Gasteiger partial charge in [0, 0.05) is 18.6 Å². The zero-order valence-corrected chi connectivity index (χ0v) is 11.2. The lowest BCUT2D eigenvalue weighted by atomic mass is 9.77. The van der Waals surface area contributed by atoms with Crippen molar-refractivity contribution in [3.63, 3.8) is 0 Å². The molecule has 0 aromatic heterocycles. The summed E-state index contributed by atoms with van der Waals surface area (Å²) in [5.41, 5.74) is 1.90. The van der Waals surface area contributed by atoms with E-state index < -0.39 is 4.92 Å². The van der Waals surface area contributed by atoms with Crippen molar-refractivity contribution in [3.8, 4) is 0 Å². The van der Waals surface area contributed by atoms with Crippen LogP contribution < -0.4 is 5.84 Å². The third-order valence-electron chi connectivity index (χ3n) is 3.31. The molecule has 0 radical (unpaired) electrons. The van der Waals surface area contributed by atoms with Crippen molar-refractivity contribution in [3.05, 3.63) is 63.9 Å². The average Bonchev–Trinajstić information content (AvgIpc) is 2.39. The molecule has 2 rings (SSSR count). The highest BCUT2D eigenvalue weighted by molar-refractivity contribution is 5.34. The Morgan fingerprint density at radius 3 is 2.70 bits per heavy atom. The number of allylic oxidation sites excluding steroid dienone is 4. The highest BCUT2D eigenvalue weighted by atomic mass is 16.6. The van der Waals surface area contributed by atoms with Gasteiger partial charge in [-0.15, -0.1) is 5.11 Å². The Morgan fingerprint density at radius 1 is 1.40 bits per heavy atom. The maximum Gasteiger partial charge on any atom is 0.269 e. The van der Waals surface area contributed by atoms with Gasteiger partial charge in [-0.05, 0) is 23.5 Å². The molecule has 1 aromatic rings. The van der Waals surface area contributed by atoms with Crippen molar-refractivity contribution >= 4 is 5.69 Å². The zero-order valence-electron chi connectivity index (χ0n) is 11.2. The number of nitro benzene ring substituents is 1. The lowest BCUT2D eigenvalue weighted by molar-refractivity contribution is -0.384. The number of nitrogens with zero attached hydrogens (tertiary/aromatic N) is 3. The third kappa shape index (κ3) is 3.28. The van der Waals surface area contributed by atoms with Crippen molar-refractivity contribution < 1.29 is 4.92 Å². The fourth-order valence-electron chi connectivity index (χ4n) is 2.39. The first-order chi connectivity index (χ1) is 9.52. The molecule has 20 heavy (non-hydrogen) atoms. The summed E-state index contributed by atoms with van der Waals surface area (Å²) in [6.45, 7) is 2.12. The van der Waals surface area contributed by atoms with Crippen LogP contribution in [0.25, 0.3) is 0 Å². The number of non-ortho nitro benzene ring substituents is 1. The molecule has 1 atom stereocenters. The third-order valence-corrected chi connectivity index (χ3v) is 3.31. The summed E-state index contributed by atoms with van der Waals surface area (Å²) in [5.74, 6) is 5.08. The van der Waals surface area contributed by atoms with Crippen LogP contribution in [-0.4, -0.2) is 4.92 Å². The highest BCUT2D eigenvalue weighted by Gasteiger charge is 2.25. The maximum absolute atomic E-state index is 10.6. The SMILES string of the molecule is CC1(Cc2ccc([N+](=O)[O-])cc2)C=CC=C(N=NN)C1. The maximum atomic E-state index is 10.6. The molecule has 1 aliphatic carbocycles. The van der Waals surface area contributed by atoms with E-state index in [2.05, 4.69) is 23.3 Å². The molecule has 2 N–H and O–H groups in total. The van der Waals surface area contributed by atoms with Crippen LogP contribution in [0.15, 0.2) is 58.5 Å². The molecular formula is C14H16N4O2. The smallest absolute Gasteiger partial charge is 0.269 e. The number of nitro groups is 1. The summed E-state index contributed by atoms with van der Waals surface area (Å²) < 4.78 is 0. The lowest BCUT2D eigenvalue weighted by Gasteiger charge is -2.28. The minimum absolute atomic E-state index is 0.0889. The minimum Gasteiger partial charge on any atom is -0.305 e. The van der Waals surface area contributed by atoms with Gasteiger partial charge in [0.05, 0.1) is 10.6 Å². The summed E-state index contributed by atoms with van der Waals surface area (Å²) in [7, 11) is 0. The van der Waals surface area contributed by atoms with Gasteiger partial charge < -0.3 is 5.84 Å². The topological polar surface area (TPSA) is 93.9 Å². The van der Waals surface area contributed by atoms with E-state index in [4.69, 9.17) is 5.84 Å². The summed E-state index contributed by atoms with van der Waals surface area (Å²) in [4.78, 5) is 10.2. The van der Waals surface area contributed by atoms with E-state index in [1.807, 2.05) is 12.2 Å². The van der Waals surface area contributed by atoms with Gasteiger partial charge in [0.2, 0.25) is 0 Å². The van der Waals surface area contributed by atoms with Crippen molar-refractivity contribution in [1.82, 2.24) is 0 Å². The molecule has 1 unspecified atom stereocenters. The number of hydrogen-bond donors (Lipinski definition) is 1. The molecule has 104 valence electrons. The summed E-state index contributed by atoms with van der Waals surface area (Å²) in [6, 6.07) is 6.64. The summed E-state index contributed by atoms with van der Waals surface area (Å²) in [6.07, 6.45) is 7.46. The predicted molar refractivity (Wildman–Crippen MR) is 75.8 cm³/mol. The standard InChI is InChI=1S/C14H16N4O2/c1-14(8-2-3-12(10-14)16-17-15)9-11-4-6-13(7-5-11)18(19)20/h2-8H,9-10H2,1H3,(H2,15,16). The van der Waals surface area contributed by atoms with Gasteiger partial charge in [-0.1, -0.05) is 36.4 Å². The first-order valence-corrected chi connectivity index (χ1v) is 6.25. The Kier molecular flexibility index (Phi) is 3.93. The van der Waals surface area contributed by atoms with Crippen LogP contribution in [0.2, 0.25) is 0 Å². The Labute approximate surface area is 116 Å². The molecule has 6 heteroatoms. The average molecular weight is 272 g/mol.